The zero-order valence-electron chi connectivity index (χ0n) is 17.0. The maximum atomic E-state index is 12.5. The molecule has 1 amide bonds. The first-order valence-corrected chi connectivity index (χ1v) is 9.85. The second-order valence-electron chi connectivity index (χ2n) is 6.95. The van der Waals surface area contributed by atoms with Gasteiger partial charge in [0.25, 0.3) is 11.5 Å². The molecule has 0 fully saturated rings. The van der Waals surface area contributed by atoms with E-state index in [0.29, 0.717) is 30.0 Å². The van der Waals surface area contributed by atoms with Crippen LogP contribution in [0.25, 0.3) is 5.65 Å². The second kappa shape index (κ2) is 9.13. The molecule has 0 spiro atoms. The van der Waals surface area contributed by atoms with Gasteiger partial charge in [0.05, 0.1) is 13.3 Å². The van der Waals surface area contributed by atoms with Crippen LogP contribution in [0.5, 0.6) is 5.75 Å². The topological polar surface area (TPSA) is 84.7 Å². The van der Waals surface area contributed by atoms with E-state index in [1.807, 2.05) is 42.5 Å². The van der Waals surface area contributed by atoms with Crippen LogP contribution in [0.3, 0.4) is 0 Å². The van der Waals surface area contributed by atoms with Crippen molar-refractivity contribution < 1.29 is 9.53 Å². The molecule has 2 aromatic heterocycles. The SMILES string of the molecule is COc1ccccc1CNC(=O)c1ccc(CNc2cnc3ccccn3c2=O)cc1. The number of hydrogen-bond acceptors (Lipinski definition) is 5. The summed E-state index contributed by atoms with van der Waals surface area (Å²) in [5.41, 5.74) is 3.28. The molecule has 0 aliphatic heterocycles. The highest BCUT2D eigenvalue weighted by atomic mass is 16.5. The molecule has 0 bridgehead atoms. The van der Waals surface area contributed by atoms with Crippen molar-refractivity contribution in [1.82, 2.24) is 14.7 Å². The Morgan fingerprint density at radius 2 is 1.77 bits per heavy atom. The zero-order chi connectivity index (χ0) is 21.6. The Balaban J connectivity index is 1.37. The van der Waals surface area contributed by atoms with Gasteiger partial charge >= 0.3 is 0 Å². The van der Waals surface area contributed by atoms with Crippen molar-refractivity contribution >= 4 is 17.2 Å². The van der Waals surface area contributed by atoms with E-state index in [0.717, 1.165) is 16.9 Å². The van der Waals surface area contributed by atoms with Crippen LogP contribution in [0.4, 0.5) is 5.69 Å². The Labute approximate surface area is 179 Å². The number of carbonyl (C=O) groups excluding carboxylic acids is 1. The van der Waals surface area contributed by atoms with Crippen LogP contribution in [0.15, 0.2) is 83.9 Å². The fourth-order valence-corrected chi connectivity index (χ4v) is 3.25. The third kappa shape index (κ3) is 4.56. The highest BCUT2D eigenvalue weighted by Gasteiger charge is 2.08. The number of pyridine rings is 1. The summed E-state index contributed by atoms with van der Waals surface area (Å²) >= 11 is 0. The lowest BCUT2D eigenvalue weighted by Crippen LogP contribution is -2.23. The molecule has 0 saturated heterocycles. The van der Waals surface area contributed by atoms with Crippen molar-refractivity contribution in [2.75, 3.05) is 12.4 Å². The van der Waals surface area contributed by atoms with Gasteiger partial charge in [0.1, 0.15) is 17.1 Å². The third-order valence-corrected chi connectivity index (χ3v) is 4.94. The number of rotatable bonds is 7. The van der Waals surface area contributed by atoms with Gasteiger partial charge in [-0.15, -0.1) is 0 Å². The highest BCUT2D eigenvalue weighted by Crippen LogP contribution is 2.17. The normalized spacial score (nSPS) is 10.6. The van der Waals surface area contributed by atoms with E-state index in [-0.39, 0.29) is 11.5 Å². The van der Waals surface area contributed by atoms with Crippen molar-refractivity contribution in [3.63, 3.8) is 0 Å². The van der Waals surface area contributed by atoms with E-state index in [9.17, 15) is 9.59 Å². The quantitative estimate of drug-likeness (QED) is 0.485. The largest absolute Gasteiger partial charge is 0.496 e. The molecular formula is C24H22N4O3. The van der Waals surface area contributed by atoms with E-state index in [4.69, 9.17) is 4.74 Å². The van der Waals surface area contributed by atoms with Gasteiger partial charge in [-0.05, 0) is 35.9 Å². The van der Waals surface area contributed by atoms with Crippen molar-refractivity contribution in [3.8, 4) is 5.75 Å². The van der Waals surface area contributed by atoms with E-state index < -0.39 is 0 Å². The molecular weight excluding hydrogens is 392 g/mol. The number of ether oxygens (including phenoxy) is 1. The average Bonchev–Trinajstić information content (AvgIpc) is 2.83. The number of aromatic nitrogens is 2. The van der Waals surface area contributed by atoms with E-state index in [2.05, 4.69) is 15.6 Å². The minimum absolute atomic E-state index is 0.155. The molecule has 0 unspecified atom stereocenters. The maximum Gasteiger partial charge on any atom is 0.281 e. The lowest BCUT2D eigenvalue weighted by Gasteiger charge is -2.10. The van der Waals surface area contributed by atoms with Crippen LogP contribution in [-0.4, -0.2) is 22.4 Å². The molecule has 0 radical (unpaired) electrons. The van der Waals surface area contributed by atoms with Gasteiger partial charge in [-0.1, -0.05) is 36.4 Å². The summed E-state index contributed by atoms with van der Waals surface area (Å²) in [6.45, 7) is 0.823. The van der Waals surface area contributed by atoms with Gasteiger partial charge in [-0.2, -0.15) is 0 Å². The van der Waals surface area contributed by atoms with Crippen LogP contribution in [-0.2, 0) is 13.1 Å². The van der Waals surface area contributed by atoms with Crippen molar-refractivity contribution in [2.45, 2.75) is 13.1 Å². The van der Waals surface area contributed by atoms with Crippen LogP contribution >= 0.6 is 0 Å². The van der Waals surface area contributed by atoms with E-state index >= 15 is 0 Å². The summed E-state index contributed by atoms with van der Waals surface area (Å²) in [7, 11) is 1.61. The number of fused-ring (bicyclic) bond motifs is 1. The van der Waals surface area contributed by atoms with Crippen LogP contribution in [0, 0.1) is 0 Å². The lowest BCUT2D eigenvalue weighted by atomic mass is 10.1. The van der Waals surface area contributed by atoms with Gasteiger partial charge in [0.2, 0.25) is 0 Å². The van der Waals surface area contributed by atoms with Gasteiger partial charge in [-0.3, -0.25) is 14.0 Å². The van der Waals surface area contributed by atoms with Crippen LogP contribution in [0.2, 0.25) is 0 Å². The molecule has 0 atom stereocenters. The number of para-hydroxylation sites is 1. The molecule has 7 heteroatoms. The maximum absolute atomic E-state index is 12.5. The standard InChI is InChI=1S/C24H22N4O3/c1-31-21-7-3-2-6-19(21)15-27-23(29)18-11-9-17(10-12-18)14-25-20-16-26-22-8-4-5-13-28(22)24(20)30/h2-13,16,25H,14-15H2,1H3,(H,27,29). The number of hydrogen-bond donors (Lipinski definition) is 2. The minimum Gasteiger partial charge on any atom is -0.496 e. The molecule has 0 aliphatic carbocycles. The molecule has 4 rings (SSSR count). The van der Waals surface area contributed by atoms with E-state index in [1.165, 1.54) is 10.6 Å². The van der Waals surface area contributed by atoms with Crippen LogP contribution < -0.4 is 20.9 Å². The monoisotopic (exact) mass is 414 g/mol. The Morgan fingerprint density at radius 1 is 1.00 bits per heavy atom. The van der Waals surface area contributed by atoms with Crippen molar-refractivity contribution in [2.24, 2.45) is 0 Å². The summed E-state index contributed by atoms with van der Waals surface area (Å²) in [5.74, 6) is 0.575. The second-order valence-corrected chi connectivity index (χ2v) is 6.95. The fraction of sp³-hybridized carbons (Fsp3) is 0.125. The predicted molar refractivity (Wildman–Crippen MR) is 119 cm³/mol. The molecule has 7 nitrogen and oxygen atoms in total. The smallest absolute Gasteiger partial charge is 0.281 e. The number of nitrogens with one attached hydrogen (secondary N) is 2. The number of nitrogens with zero attached hydrogens (tertiary/aromatic N) is 2. The summed E-state index contributed by atoms with van der Waals surface area (Å²) in [5, 5.41) is 6.02. The zero-order valence-corrected chi connectivity index (χ0v) is 17.0. The lowest BCUT2D eigenvalue weighted by molar-refractivity contribution is 0.0950. The first kappa shape index (κ1) is 20.2. The van der Waals surface area contributed by atoms with Gasteiger partial charge in [0.15, 0.2) is 0 Å². The van der Waals surface area contributed by atoms with Crippen molar-refractivity contribution in [1.29, 1.82) is 0 Å². The first-order chi connectivity index (χ1) is 15.2. The summed E-state index contributed by atoms with van der Waals surface area (Å²) in [6, 6.07) is 20.2. The summed E-state index contributed by atoms with van der Waals surface area (Å²) in [6.07, 6.45) is 3.23. The molecule has 2 heterocycles. The predicted octanol–water partition coefficient (Wildman–Crippen LogP) is 3.25. The van der Waals surface area contributed by atoms with Gasteiger partial charge < -0.3 is 15.4 Å². The highest BCUT2D eigenvalue weighted by molar-refractivity contribution is 5.94. The molecule has 31 heavy (non-hydrogen) atoms. The number of anilines is 1. The van der Waals surface area contributed by atoms with E-state index in [1.54, 1.807) is 37.6 Å². The number of methoxy groups -OCH3 is 1. The molecule has 2 aromatic carbocycles. The molecule has 156 valence electrons. The Kier molecular flexibility index (Phi) is 5.93. The fourth-order valence-electron chi connectivity index (χ4n) is 3.25. The molecule has 0 saturated carbocycles. The number of benzene rings is 2. The Morgan fingerprint density at radius 3 is 2.58 bits per heavy atom. The summed E-state index contributed by atoms with van der Waals surface area (Å²) in [4.78, 5) is 29.3. The number of amides is 1. The van der Waals surface area contributed by atoms with Crippen molar-refractivity contribution in [3.05, 3.63) is 106 Å². The Hall–Kier alpha value is -4.13. The van der Waals surface area contributed by atoms with Crippen LogP contribution in [0.1, 0.15) is 21.5 Å². The number of carbonyl (C=O) groups is 1. The Bertz CT molecular complexity index is 1270. The van der Waals surface area contributed by atoms with Gasteiger partial charge in [-0.25, -0.2) is 4.98 Å². The first-order valence-electron chi connectivity index (χ1n) is 9.85. The molecule has 0 aliphatic rings. The molecule has 4 aromatic rings. The minimum atomic E-state index is -0.164. The van der Waals surface area contributed by atoms with Gasteiger partial charge in [0, 0.05) is 30.4 Å². The average molecular weight is 414 g/mol. The molecule has 2 N–H and O–H groups in total. The summed E-state index contributed by atoms with van der Waals surface area (Å²) < 4.78 is 6.81. The third-order valence-electron chi connectivity index (χ3n) is 4.94.